The summed E-state index contributed by atoms with van der Waals surface area (Å²) in [5.41, 5.74) is 7.48. The van der Waals surface area contributed by atoms with E-state index in [1.54, 1.807) is 0 Å². The molecule has 2 fully saturated rings. The Morgan fingerprint density at radius 3 is 2.65 bits per heavy atom. The van der Waals surface area contributed by atoms with Crippen molar-refractivity contribution in [3.8, 4) is 0 Å². The number of aromatic nitrogens is 1. The van der Waals surface area contributed by atoms with Gasteiger partial charge in [0.15, 0.2) is 5.13 Å². The van der Waals surface area contributed by atoms with Crippen LogP contribution in [0.3, 0.4) is 0 Å². The summed E-state index contributed by atoms with van der Waals surface area (Å²) >= 11 is 1.82. The van der Waals surface area contributed by atoms with Gasteiger partial charge in [-0.3, -0.25) is 4.90 Å². The number of nitrogens with zero attached hydrogens (tertiary/aromatic N) is 3. The van der Waals surface area contributed by atoms with E-state index < -0.39 is 0 Å². The first-order chi connectivity index (χ1) is 12.3. The highest BCUT2D eigenvalue weighted by Gasteiger charge is 2.33. The van der Waals surface area contributed by atoms with Crippen LogP contribution in [-0.2, 0) is 11.3 Å². The maximum atomic E-state index is 6.06. The van der Waals surface area contributed by atoms with Crippen LogP contribution in [0.25, 0.3) is 0 Å². The second-order valence-corrected chi connectivity index (χ2v) is 8.01. The van der Waals surface area contributed by atoms with Crippen LogP contribution in [0.4, 0.5) is 5.13 Å². The summed E-state index contributed by atoms with van der Waals surface area (Å²) in [5.74, 6) is 1.08. The van der Waals surface area contributed by atoms with E-state index in [-0.39, 0.29) is 12.4 Å². The molecule has 0 radical (unpaired) electrons. The summed E-state index contributed by atoms with van der Waals surface area (Å²) in [6.45, 7) is 7.37. The average Bonchev–Trinajstić information content (AvgIpc) is 3.30. The van der Waals surface area contributed by atoms with Gasteiger partial charge in [-0.1, -0.05) is 30.3 Å². The number of halogens is 1. The lowest BCUT2D eigenvalue weighted by molar-refractivity contribution is 0.122. The Hall–Kier alpha value is -1.18. The number of ether oxygens (including phenoxy) is 1. The number of benzene rings is 1. The van der Waals surface area contributed by atoms with Gasteiger partial charge in [-0.15, -0.1) is 23.7 Å². The number of rotatable bonds is 5. The van der Waals surface area contributed by atoms with Crippen LogP contribution in [-0.4, -0.2) is 55.8 Å². The molecular formula is C19H27ClN4OS. The van der Waals surface area contributed by atoms with Crippen LogP contribution < -0.4 is 10.6 Å². The molecule has 142 valence electrons. The molecule has 0 aliphatic carbocycles. The summed E-state index contributed by atoms with van der Waals surface area (Å²) in [4.78, 5) is 10.8. The highest BCUT2D eigenvalue weighted by atomic mass is 35.5. The van der Waals surface area contributed by atoms with Gasteiger partial charge in [-0.2, -0.15) is 0 Å². The van der Waals surface area contributed by atoms with E-state index in [0.717, 1.165) is 57.6 Å². The number of nitrogens with two attached hydrogens (primary N) is 1. The first kappa shape index (κ1) is 19.6. The van der Waals surface area contributed by atoms with E-state index >= 15 is 0 Å². The zero-order chi connectivity index (χ0) is 17.1. The van der Waals surface area contributed by atoms with Crippen molar-refractivity contribution in [1.82, 2.24) is 9.88 Å². The summed E-state index contributed by atoms with van der Waals surface area (Å²) in [6.07, 6.45) is 2.04. The maximum absolute atomic E-state index is 6.06. The molecule has 3 heterocycles. The Kier molecular flexibility index (Phi) is 6.89. The lowest BCUT2D eigenvalue weighted by atomic mass is 9.89. The topological polar surface area (TPSA) is 54.6 Å². The molecular weight excluding hydrogens is 368 g/mol. The SMILES string of the molecule is Cl.NC[C@@H]1CN(Cc2cnc(N3CCOCC3)s2)C[C@H]1c1ccccc1. The van der Waals surface area contributed by atoms with Gasteiger partial charge < -0.3 is 15.4 Å². The fourth-order valence-corrected chi connectivity index (χ4v) is 4.90. The van der Waals surface area contributed by atoms with Gasteiger partial charge in [0.2, 0.25) is 0 Å². The molecule has 0 unspecified atom stereocenters. The Morgan fingerprint density at radius 1 is 1.15 bits per heavy atom. The maximum Gasteiger partial charge on any atom is 0.185 e. The fourth-order valence-electron chi connectivity index (χ4n) is 3.90. The fraction of sp³-hybridized carbons (Fsp3) is 0.526. The molecule has 0 amide bonds. The van der Waals surface area contributed by atoms with Crippen LogP contribution in [0.2, 0.25) is 0 Å². The Morgan fingerprint density at radius 2 is 1.92 bits per heavy atom. The molecule has 4 rings (SSSR count). The van der Waals surface area contributed by atoms with Gasteiger partial charge in [-0.25, -0.2) is 4.98 Å². The van der Waals surface area contributed by atoms with Crippen molar-refractivity contribution in [3.63, 3.8) is 0 Å². The minimum Gasteiger partial charge on any atom is -0.378 e. The van der Waals surface area contributed by atoms with E-state index in [0.29, 0.717) is 11.8 Å². The van der Waals surface area contributed by atoms with Crippen molar-refractivity contribution in [3.05, 3.63) is 47.0 Å². The van der Waals surface area contributed by atoms with Gasteiger partial charge in [0, 0.05) is 49.7 Å². The van der Waals surface area contributed by atoms with Crippen molar-refractivity contribution in [2.45, 2.75) is 12.5 Å². The lowest BCUT2D eigenvalue weighted by Gasteiger charge is -2.26. The summed E-state index contributed by atoms with van der Waals surface area (Å²) < 4.78 is 5.43. The van der Waals surface area contributed by atoms with Crippen molar-refractivity contribution < 1.29 is 4.74 Å². The third kappa shape index (κ3) is 4.38. The number of likely N-dealkylation sites (tertiary alicyclic amines) is 1. The van der Waals surface area contributed by atoms with E-state index in [4.69, 9.17) is 10.5 Å². The highest BCUT2D eigenvalue weighted by molar-refractivity contribution is 7.15. The normalized spacial score (nSPS) is 23.8. The summed E-state index contributed by atoms with van der Waals surface area (Å²) in [5, 5.41) is 1.13. The van der Waals surface area contributed by atoms with E-state index in [1.165, 1.54) is 10.4 Å². The number of hydrogen-bond acceptors (Lipinski definition) is 6. The Balaban J connectivity index is 0.00000196. The minimum absolute atomic E-state index is 0. The van der Waals surface area contributed by atoms with Crippen molar-refractivity contribution >= 4 is 28.9 Å². The molecule has 1 aromatic carbocycles. The van der Waals surface area contributed by atoms with Gasteiger partial charge >= 0.3 is 0 Å². The molecule has 5 nitrogen and oxygen atoms in total. The predicted octanol–water partition coefficient (Wildman–Crippen LogP) is 2.58. The summed E-state index contributed by atoms with van der Waals surface area (Å²) in [7, 11) is 0. The highest BCUT2D eigenvalue weighted by Crippen LogP contribution is 2.34. The van der Waals surface area contributed by atoms with Crippen molar-refractivity contribution in [2.24, 2.45) is 11.7 Å². The number of thiazole rings is 1. The van der Waals surface area contributed by atoms with Gasteiger partial charge in [0.25, 0.3) is 0 Å². The molecule has 2 aliphatic rings. The third-order valence-corrected chi connectivity index (χ3v) is 6.29. The number of anilines is 1. The zero-order valence-corrected chi connectivity index (χ0v) is 16.6. The smallest absolute Gasteiger partial charge is 0.185 e. The molecule has 0 bridgehead atoms. The van der Waals surface area contributed by atoms with Crippen LogP contribution in [0.15, 0.2) is 36.5 Å². The lowest BCUT2D eigenvalue weighted by Crippen LogP contribution is -2.36. The van der Waals surface area contributed by atoms with E-state index in [1.807, 2.05) is 17.5 Å². The quantitative estimate of drug-likeness (QED) is 0.844. The van der Waals surface area contributed by atoms with E-state index in [2.05, 4.69) is 45.1 Å². The molecule has 0 spiro atoms. The predicted molar refractivity (Wildman–Crippen MR) is 109 cm³/mol. The number of morpholine rings is 1. The zero-order valence-electron chi connectivity index (χ0n) is 14.9. The summed E-state index contributed by atoms with van der Waals surface area (Å²) in [6, 6.07) is 10.8. The van der Waals surface area contributed by atoms with E-state index in [9.17, 15) is 0 Å². The minimum atomic E-state index is 0. The van der Waals surface area contributed by atoms with Crippen LogP contribution >= 0.6 is 23.7 Å². The first-order valence-electron chi connectivity index (χ1n) is 9.08. The molecule has 2 N–H and O–H groups in total. The number of hydrogen-bond donors (Lipinski definition) is 1. The molecule has 2 atom stereocenters. The van der Waals surface area contributed by atoms with Crippen LogP contribution in [0.1, 0.15) is 16.4 Å². The monoisotopic (exact) mass is 394 g/mol. The first-order valence-corrected chi connectivity index (χ1v) is 9.90. The molecule has 0 saturated carbocycles. The molecule has 2 saturated heterocycles. The van der Waals surface area contributed by atoms with Gasteiger partial charge in [0.05, 0.1) is 13.2 Å². The molecule has 7 heteroatoms. The molecule has 1 aromatic heterocycles. The molecule has 26 heavy (non-hydrogen) atoms. The van der Waals surface area contributed by atoms with Crippen molar-refractivity contribution in [1.29, 1.82) is 0 Å². The average molecular weight is 395 g/mol. The van der Waals surface area contributed by atoms with Crippen LogP contribution in [0, 0.1) is 5.92 Å². The Labute approximate surface area is 165 Å². The van der Waals surface area contributed by atoms with Gasteiger partial charge in [0.1, 0.15) is 0 Å². The van der Waals surface area contributed by atoms with Gasteiger partial charge in [-0.05, 0) is 18.0 Å². The standard InChI is InChI=1S/C19H26N4OS.ClH/c20-10-16-12-22(14-18(16)15-4-2-1-3-5-15)13-17-11-21-19(25-17)23-6-8-24-9-7-23;/h1-5,11,16,18H,6-10,12-14,20H2;1H/t16-,18+;/m1./s1. The molecule has 2 aromatic rings. The second kappa shape index (κ2) is 9.15. The third-order valence-electron chi connectivity index (χ3n) is 5.25. The van der Waals surface area contributed by atoms with Crippen LogP contribution in [0.5, 0.6) is 0 Å². The van der Waals surface area contributed by atoms with Crippen molar-refractivity contribution in [2.75, 3.05) is 50.8 Å². The largest absolute Gasteiger partial charge is 0.378 e. The Bertz CT molecular complexity index is 677. The second-order valence-electron chi connectivity index (χ2n) is 6.92. The molecule has 2 aliphatic heterocycles.